The molecular formula is C32H40N2O7S. The molecule has 2 aromatic rings. The number of likely N-dealkylation sites (N-methyl/N-ethyl adjacent to an activating group) is 1. The summed E-state index contributed by atoms with van der Waals surface area (Å²) in [4.78, 5) is 27.0. The highest BCUT2D eigenvalue weighted by atomic mass is 32.2. The van der Waals surface area contributed by atoms with E-state index in [-0.39, 0.29) is 17.8 Å². The Labute approximate surface area is 247 Å². The minimum Gasteiger partial charge on any atom is -0.483 e. The van der Waals surface area contributed by atoms with Crippen molar-refractivity contribution in [2.24, 2.45) is 5.92 Å². The van der Waals surface area contributed by atoms with E-state index in [2.05, 4.69) is 30.5 Å². The van der Waals surface area contributed by atoms with Crippen LogP contribution < -0.4 is 14.2 Å². The Bertz CT molecular complexity index is 1540. The third-order valence-corrected chi connectivity index (χ3v) is 11.0. The average molecular weight is 597 g/mol. The number of hydrogen-bond donors (Lipinski definition) is 1. The van der Waals surface area contributed by atoms with Crippen molar-refractivity contribution in [2.45, 2.75) is 94.8 Å². The van der Waals surface area contributed by atoms with E-state index in [1.165, 1.54) is 13.8 Å². The average Bonchev–Trinajstić information content (AvgIpc) is 3.25. The molecule has 2 bridgehead atoms. The molecule has 42 heavy (non-hydrogen) atoms. The summed E-state index contributed by atoms with van der Waals surface area (Å²) in [6.07, 6.45) is 2.32. The fourth-order valence-corrected chi connectivity index (χ4v) is 9.82. The molecule has 4 aliphatic rings. The standard InChI is InChI=1S/C32H40N2O7S/c1-19(2)16-22-8-6-7-9-24(22)18-42(37,38)33-25-12-13-32(41-21(4)36)27-17-23-10-11-26(39-20(3)35)29-28(23)31(32,30(25)40-29)14-15-34(27)5/h6-11,19,25,27,30,33H,12-18H2,1-5H3/t25-,27+,30-,31-,32+/m0/s1. The van der Waals surface area contributed by atoms with Crippen molar-refractivity contribution in [1.29, 1.82) is 0 Å². The molecule has 2 aliphatic carbocycles. The van der Waals surface area contributed by atoms with Gasteiger partial charge in [0.15, 0.2) is 11.5 Å². The lowest BCUT2D eigenvalue weighted by molar-refractivity contribution is -0.215. The number of nitrogens with zero attached hydrogens (tertiary/aromatic N) is 1. The molecule has 1 saturated carbocycles. The first-order chi connectivity index (χ1) is 19.9. The van der Waals surface area contributed by atoms with Crippen LogP contribution in [0.4, 0.5) is 0 Å². The number of rotatable bonds is 8. The second kappa shape index (κ2) is 10.3. The molecule has 0 unspecified atom stereocenters. The zero-order chi connectivity index (χ0) is 30.0. The highest BCUT2D eigenvalue weighted by molar-refractivity contribution is 7.88. The fourth-order valence-electron chi connectivity index (χ4n) is 8.35. The van der Waals surface area contributed by atoms with Crippen molar-refractivity contribution in [3.8, 4) is 11.5 Å². The van der Waals surface area contributed by atoms with Crippen LogP contribution in [0.15, 0.2) is 36.4 Å². The van der Waals surface area contributed by atoms with E-state index < -0.39 is 39.2 Å². The maximum Gasteiger partial charge on any atom is 0.308 e. The lowest BCUT2D eigenvalue weighted by Gasteiger charge is -2.64. The minimum absolute atomic E-state index is 0.0975. The molecule has 2 heterocycles. The Morgan fingerprint density at radius 2 is 1.83 bits per heavy atom. The van der Waals surface area contributed by atoms with Crippen molar-refractivity contribution in [2.75, 3.05) is 13.6 Å². The molecule has 0 amide bonds. The van der Waals surface area contributed by atoms with Gasteiger partial charge < -0.3 is 14.2 Å². The molecule has 9 nitrogen and oxygen atoms in total. The Hall–Kier alpha value is -2.95. The highest BCUT2D eigenvalue weighted by Crippen LogP contribution is 2.66. The van der Waals surface area contributed by atoms with E-state index in [1.807, 2.05) is 30.3 Å². The van der Waals surface area contributed by atoms with Crippen LogP contribution in [-0.4, -0.2) is 62.6 Å². The summed E-state index contributed by atoms with van der Waals surface area (Å²) >= 11 is 0. The molecule has 0 aromatic heterocycles. The van der Waals surface area contributed by atoms with Crippen LogP contribution >= 0.6 is 0 Å². The second-order valence-corrected chi connectivity index (χ2v) is 14.6. The van der Waals surface area contributed by atoms with E-state index >= 15 is 0 Å². The number of ether oxygens (including phenoxy) is 3. The van der Waals surface area contributed by atoms with E-state index in [9.17, 15) is 18.0 Å². The molecule has 226 valence electrons. The van der Waals surface area contributed by atoms with Gasteiger partial charge in [-0.05, 0) is 74.4 Å². The van der Waals surface area contributed by atoms with Gasteiger partial charge in [0.05, 0.1) is 23.3 Å². The summed E-state index contributed by atoms with van der Waals surface area (Å²) in [5.41, 5.74) is 2.05. The van der Waals surface area contributed by atoms with Gasteiger partial charge in [-0.3, -0.25) is 14.5 Å². The van der Waals surface area contributed by atoms with E-state index in [1.54, 1.807) is 6.07 Å². The topological polar surface area (TPSA) is 111 Å². The molecule has 1 spiro atoms. The van der Waals surface area contributed by atoms with Crippen molar-refractivity contribution in [3.05, 3.63) is 58.7 Å². The highest BCUT2D eigenvalue weighted by Gasteiger charge is 2.75. The smallest absolute Gasteiger partial charge is 0.308 e. The normalized spacial score (nSPS) is 29.5. The van der Waals surface area contributed by atoms with Crippen LogP contribution in [-0.2, 0) is 48.4 Å². The first-order valence-electron chi connectivity index (χ1n) is 14.8. The van der Waals surface area contributed by atoms with Gasteiger partial charge in [-0.1, -0.05) is 44.2 Å². The van der Waals surface area contributed by atoms with Crippen LogP contribution in [0.2, 0.25) is 0 Å². The summed E-state index contributed by atoms with van der Waals surface area (Å²) < 4.78 is 49.3. The Kier molecular flexibility index (Phi) is 7.18. The number of likely N-dealkylation sites (tertiary alicyclic amines) is 1. The van der Waals surface area contributed by atoms with Crippen molar-refractivity contribution in [3.63, 3.8) is 0 Å². The Morgan fingerprint density at radius 3 is 2.52 bits per heavy atom. The predicted octanol–water partition coefficient (Wildman–Crippen LogP) is 3.65. The first-order valence-corrected chi connectivity index (χ1v) is 16.5. The molecule has 5 atom stereocenters. The molecule has 6 rings (SSSR count). The molecule has 10 heteroatoms. The third kappa shape index (κ3) is 4.53. The predicted molar refractivity (Wildman–Crippen MR) is 157 cm³/mol. The SMILES string of the molecule is CC(=O)Oc1ccc2c3c1O[C@H]1[C@@H](NS(=O)(=O)Cc4ccccc4CC(C)C)CC[C@@]4(OC(C)=O)[C@@H](C2)N(C)CC[C@]314. The number of carbonyl (C=O) groups excluding carboxylic acids is 2. The van der Waals surface area contributed by atoms with Gasteiger partial charge >= 0.3 is 11.9 Å². The molecule has 2 aromatic carbocycles. The fraction of sp³-hybridized carbons (Fsp3) is 0.562. The lowest BCUT2D eigenvalue weighted by atomic mass is 9.48. The molecular weight excluding hydrogens is 556 g/mol. The van der Waals surface area contributed by atoms with Gasteiger partial charge in [0.25, 0.3) is 0 Å². The van der Waals surface area contributed by atoms with Crippen LogP contribution in [0.3, 0.4) is 0 Å². The number of nitrogens with one attached hydrogen (secondary N) is 1. The summed E-state index contributed by atoms with van der Waals surface area (Å²) in [6, 6.07) is 10.7. The Morgan fingerprint density at radius 1 is 1.10 bits per heavy atom. The summed E-state index contributed by atoms with van der Waals surface area (Å²) in [7, 11) is -1.72. The number of benzene rings is 2. The van der Waals surface area contributed by atoms with Crippen LogP contribution in [0.5, 0.6) is 11.5 Å². The summed E-state index contributed by atoms with van der Waals surface area (Å²) in [6.45, 7) is 7.74. The van der Waals surface area contributed by atoms with Gasteiger partial charge in [-0.25, -0.2) is 13.1 Å². The molecule has 0 radical (unpaired) electrons. The number of esters is 2. The van der Waals surface area contributed by atoms with Crippen LogP contribution in [0, 0.1) is 5.92 Å². The van der Waals surface area contributed by atoms with Gasteiger partial charge in [-0.15, -0.1) is 0 Å². The van der Waals surface area contributed by atoms with Gasteiger partial charge in [0.2, 0.25) is 10.0 Å². The number of sulfonamides is 1. The molecule has 1 saturated heterocycles. The van der Waals surface area contributed by atoms with Crippen molar-refractivity contribution in [1.82, 2.24) is 9.62 Å². The zero-order valence-electron chi connectivity index (χ0n) is 24.9. The quantitative estimate of drug-likeness (QED) is 0.363. The van der Waals surface area contributed by atoms with Crippen LogP contribution in [0.25, 0.3) is 0 Å². The van der Waals surface area contributed by atoms with Gasteiger partial charge in [0.1, 0.15) is 11.7 Å². The van der Waals surface area contributed by atoms with Crippen molar-refractivity contribution < 1.29 is 32.2 Å². The van der Waals surface area contributed by atoms with Gasteiger partial charge in [0, 0.05) is 19.4 Å². The van der Waals surface area contributed by atoms with E-state index in [0.717, 1.165) is 35.2 Å². The van der Waals surface area contributed by atoms with E-state index in [0.29, 0.717) is 43.1 Å². The van der Waals surface area contributed by atoms with Crippen LogP contribution in [0.1, 0.15) is 69.2 Å². The maximum atomic E-state index is 13.8. The zero-order valence-corrected chi connectivity index (χ0v) is 25.8. The maximum absolute atomic E-state index is 13.8. The van der Waals surface area contributed by atoms with E-state index in [4.69, 9.17) is 14.2 Å². The number of hydrogen-bond acceptors (Lipinski definition) is 8. The lowest BCUT2D eigenvalue weighted by Crippen LogP contribution is -2.78. The Balaban J connectivity index is 1.43. The molecule has 2 fully saturated rings. The largest absolute Gasteiger partial charge is 0.483 e. The van der Waals surface area contributed by atoms with Gasteiger partial charge in [-0.2, -0.15) is 0 Å². The summed E-state index contributed by atoms with van der Waals surface area (Å²) in [5, 5.41) is 0. The molecule has 2 aliphatic heterocycles. The number of piperidine rings is 1. The molecule has 1 N–H and O–H groups in total. The number of carbonyl (C=O) groups is 2. The third-order valence-electron chi connectivity index (χ3n) is 9.68. The summed E-state index contributed by atoms with van der Waals surface area (Å²) in [5.74, 6) is 0.182. The monoisotopic (exact) mass is 596 g/mol. The first kappa shape index (κ1) is 29.1. The second-order valence-electron chi connectivity index (χ2n) is 12.9. The minimum atomic E-state index is -3.77. The van der Waals surface area contributed by atoms with Crippen molar-refractivity contribution >= 4 is 22.0 Å².